The van der Waals surface area contributed by atoms with Gasteiger partial charge in [-0.1, -0.05) is 76.3 Å². The van der Waals surface area contributed by atoms with E-state index in [4.69, 9.17) is 9.47 Å². The van der Waals surface area contributed by atoms with Crippen molar-refractivity contribution in [3.63, 3.8) is 0 Å². The second kappa shape index (κ2) is 13.1. The molecule has 2 unspecified atom stereocenters. The van der Waals surface area contributed by atoms with Gasteiger partial charge in [0.25, 0.3) is 0 Å². The normalized spacial score (nSPS) is 35.0. The van der Waals surface area contributed by atoms with Crippen LogP contribution >= 0.6 is 0 Å². The van der Waals surface area contributed by atoms with Crippen LogP contribution in [-0.4, -0.2) is 45.3 Å². The van der Waals surface area contributed by atoms with Crippen LogP contribution in [0.2, 0.25) is 0 Å². The third-order valence-corrected chi connectivity index (χ3v) is 9.80. The molecule has 0 aromatic carbocycles. The molecule has 7 nitrogen and oxygen atoms in total. The molecule has 0 spiro atoms. The molecule has 0 radical (unpaired) electrons. The maximum atomic E-state index is 13.0. The van der Waals surface area contributed by atoms with Gasteiger partial charge in [0.1, 0.15) is 11.8 Å². The number of ether oxygens (including phenoxy) is 2. The first-order chi connectivity index (χ1) is 18.1. The number of nitrogens with one attached hydrogen (secondary N) is 1. The molecule has 1 aromatic rings. The molecule has 37 heavy (non-hydrogen) atoms. The fourth-order valence-corrected chi connectivity index (χ4v) is 7.52. The quantitative estimate of drug-likeness (QED) is 0.462. The van der Waals surface area contributed by atoms with Gasteiger partial charge in [-0.2, -0.15) is 0 Å². The lowest BCUT2D eigenvalue weighted by atomic mass is 9.89. The Kier molecular flexibility index (Phi) is 9.57. The average Bonchev–Trinajstić information content (AvgIpc) is 3.58. The van der Waals surface area contributed by atoms with Gasteiger partial charge in [-0.15, -0.1) is 5.10 Å². The molecule has 4 aliphatic rings. The first-order valence-corrected chi connectivity index (χ1v) is 15.6. The number of rotatable bonds is 6. The summed E-state index contributed by atoms with van der Waals surface area (Å²) in [7, 11) is 0. The average molecular weight is 515 g/mol. The van der Waals surface area contributed by atoms with Crippen LogP contribution in [0.5, 0.6) is 0 Å². The molecule has 1 amide bonds. The summed E-state index contributed by atoms with van der Waals surface area (Å²) < 4.78 is 14.8. The predicted octanol–water partition coefficient (Wildman–Crippen LogP) is 6.13. The highest BCUT2D eigenvalue weighted by Gasteiger charge is 2.41. The molecule has 4 fully saturated rings. The van der Waals surface area contributed by atoms with E-state index in [1.165, 1.54) is 89.9 Å². The first kappa shape index (κ1) is 27.1. The molecule has 2 aliphatic carbocycles. The Hall–Kier alpha value is -1.47. The Balaban J connectivity index is 1.11. The summed E-state index contributed by atoms with van der Waals surface area (Å²) in [6.45, 7) is 4.73. The molecule has 2 saturated carbocycles. The summed E-state index contributed by atoms with van der Waals surface area (Å²) >= 11 is 0. The molecule has 208 valence electrons. The van der Waals surface area contributed by atoms with Crippen LogP contribution in [0, 0.1) is 17.8 Å². The van der Waals surface area contributed by atoms with Crippen molar-refractivity contribution in [1.82, 2.24) is 20.3 Å². The highest BCUT2D eigenvalue weighted by molar-refractivity contribution is 5.81. The van der Waals surface area contributed by atoms with Crippen LogP contribution in [0.25, 0.3) is 0 Å². The Labute approximate surface area is 223 Å². The number of carbonyl (C=O) groups is 1. The molecule has 1 aromatic heterocycles. The van der Waals surface area contributed by atoms with E-state index in [2.05, 4.69) is 29.5 Å². The molecule has 3 heterocycles. The monoisotopic (exact) mass is 514 g/mol. The standard InChI is InChI=1S/C30H50N4O3/c1-21-17-27(23-13-11-7-8-12-14-23)37-29(21)30(35)31-19-25-20-34(33-32-25)26-18-28(36-22(26)2)24-15-9-5-3-4-6-10-16-24/h20-24,26-29H,3-19H2,1-2H3,(H,31,35)/t21?,22-,26?,27-,28-,29+/m1/s1. The zero-order chi connectivity index (χ0) is 25.6. The van der Waals surface area contributed by atoms with E-state index in [0.717, 1.165) is 18.5 Å². The maximum absolute atomic E-state index is 13.0. The Morgan fingerprint density at radius 1 is 0.865 bits per heavy atom. The zero-order valence-corrected chi connectivity index (χ0v) is 23.3. The molecule has 0 bridgehead atoms. The molecule has 6 atom stereocenters. The number of hydrogen-bond acceptors (Lipinski definition) is 5. The fourth-order valence-electron chi connectivity index (χ4n) is 7.52. The maximum Gasteiger partial charge on any atom is 0.249 e. The highest BCUT2D eigenvalue weighted by Crippen LogP contribution is 2.39. The van der Waals surface area contributed by atoms with Crippen LogP contribution in [0.3, 0.4) is 0 Å². The lowest BCUT2D eigenvalue weighted by Gasteiger charge is -2.22. The second-order valence-electron chi connectivity index (χ2n) is 12.6. The lowest BCUT2D eigenvalue weighted by molar-refractivity contribution is -0.135. The van der Waals surface area contributed by atoms with Crippen molar-refractivity contribution >= 4 is 5.91 Å². The van der Waals surface area contributed by atoms with Gasteiger partial charge in [-0.05, 0) is 63.2 Å². The van der Waals surface area contributed by atoms with E-state index in [9.17, 15) is 4.79 Å². The minimum atomic E-state index is -0.347. The first-order valence-electron chi connectivity index (χ1n) is 15.6. The van der Waals surface area contributed by atoms with Crippen molar-refractivity contribution in [1.29, 1.82) is 0 Å². The Bertz CT molecular complexity index is 842. The van der Waals surface area contributed by atoms with E-state index >= 15 is 0 Å². The fraction of sp³-hybridized carbons (Fsp3) is 0.900. The van der Waals surface area contributed by atoms with Gasteiger partial charge in [0.2, 0.25) is 5.91 Å². The van der Waals surface area contributed by atoms with Crippen molar-refractivity contribution in [2.45, 2.75) is 154 Å². The van der Waals surface area contributed by atoms with Crippen LogP contribution < -0.4 is 5.32 Å². The molecule has 5 rings (SSSR count). The van der Waals surface area contributed by atoms with E-state index in [0.29, 0.717) is 24.5 Å². The Morgan fingerprint density at radius 3 is 2.05 bits per heavy atom. The minimum absolute atomic E-state index is 0.00370. The summed E-state index contributed by atoms with van der Waals surface area (Å²) in [4.78, 5) is 13.0. The van der Waals surface area contributed by atoms with E-state index in [1.54, 1.807) is 0 Å². The predicted molar refractivity (Wildman–Crippen MR) is 144 cm³/mol. The Morgan fingerprint density at radius 2 is 1.43 bits per heavy atom. The largest absolute Gasteiger partial charge is 0.373 e. The van der Waals surface area contributed by atoms with Gasteiger partial charge in [-0.3, -0.25) is 4.79 Å². The SMILES string of the molecule is CC1C[C@H](C2CCCCCC2)O[C@@H]1C(=O)NCc1cn(C2C[C@H](C3CCCCCCCC3)O[C@@H]2C)nn1. The van der Waals surface area contributed by atoms with Gasteiger partial charge in [-0.25, -0.2) is 4.68 Å². The number of carbonyl (C=O) groups excluding carboxylic acids is 1. The summed E-state index contributed by atoms with van der Waals surface area (Å²) in [6, 6.07) is 0.216. The molecular weight excluding hydrogens is 464 g/mol. The third kappa shape index (κ3) is 6.95. The molecule has 2 saturated heterocycles. The summed E-state index contributed by atoms with van der Waals surface area (Å²) in [6.07, 6.45) is 22.9. The molecule has 2 aliphatic heterocycles. The lowest BCUT2D eigenvalue weighted by Crippen LogP contribution is -2.37. The van der Waals surface area contributed by atoms with Crippen molar-refractivity contribution in [2.24, 2.45) is 17.8 Å². The number of aromatic nitrogens is 3. The van der Waals surface area contributed by atoms with Crippen molar-refractivity contribution in [3.8, 4) is 0 Å². The van der Waals surface area contributed by atoms with Gasteiger partial charge in [0.15, 0.2) is 0 Å². The molecule has 1 N–H and O–H groups in total. The van der Waals surface area contributed by atoms with Crippen LogP contribution in [0.4, 0.5) is 0 Å². The topological polar surface area (TPSA) is 78.3 Å². The van der Waals surface area contributed by atoms with E-state index < -0.39 is 0 Å². The summed E-state index contributed by atoms with van der Waals surface area (Å²) in [5.74, 6) is 1.54. The minimum Gasteiger partial charge on any atom is -0.373 e. The van der Waals surface area contributed by atoms with Gasteiger partial charge < -0.3 is 14.8 Å². The smallest absolute Gasteiger partial charge is 0.249 e. The number of amides is 1. The van der Waals surface area contributed by atoms with E-state index in [1.807, 2.05) is 10.9 Å². The molecular formula is C30H50N4O3. The van der Waals surface area contributed by atoms with Gasteiger partial charge in [0, 0.05) is 0 Å². The summed E-state index contributed by atoms with van der Waals surface area (Å²) in [5, 5.41) is 11.9. The third-order valence-electron chi connectivity index (χ3n) is 9.80. The van der Waals surface area contributed by atoms with Crippen LogP contribution in [0.15, 0.2) is 6.20 Å². The molecule has 7 heteroatoms. The van der Waals surface area contributed by atoms with Crippen LogP contribution in [0.1, 0.15) is 128 Å². The highest BCUT2D eigenvalue weighted by atomic mass is 16.5. The van der Waals surface area contributed by atoms with Crippen molar-refractivity contribution in [3.05, 3.63) is 11.9 Å². The van der Waals surface area contributed by atoms with E-state index in [-0.39, 0.29) is 36.2 Å². The van der Waals surface area contributed by atoms with Crippen LogP contribution in [-0.2, 0) is 20.8 Å². The number of nitrogens with zero attached hydrogens (tertiary/aromatic N) is 3. The van der Waals surface area contributed by atoms with Gasteiger partial charge >= 0.3 is 0 Å². The zero-order valence-electron chi connectivity index (χ0n) is 23.3. The second-order valence-corrected chi connectivity index (χ2v) is 12.6. The number of hydrogen-bond donors (Lipinski definition) is 1. The summed E-state index contributed by atoms with van der Waals surface area (Å²) in [5.41, 5.74) is 0.803. The van der Waals surface area contributed by atoms with Gasteiger partial charge in [0.05, 0.1) is 37.1 Å². The van der Waals surface area contributed by atoms with Crippen molar-refractivity contribution < 1.29 is 14.3 Å². The van der Waals surface area contributed by atoms with Crippen molar-refractivity contribution in [2.75, 3.05) is 0 Å².